The molecule has 2 fully saturated rings. The summed E-state index contributed by atoms with van der Waals surface area (Å²) in [6.07, 6.45) is 2.16. The second-order valence-electron chi connectivity index (χ2n) is 6.27. The fourth-order valence-corrected chi connectivity index (χ4v) is 3.89. The number of nitrogens with zero attached hydrogens (tertiary/aromatic N) is 1. The summed E-state index contributed by atoms with van der Waals surface area (Å²) >= 11 is 6.02. The van der Waals surface area contributed by atoms with E-state index in [9.17, 15) is 14.3 Å². The first-order chi connectivity index (χ1) is 11.1. The molecule has 1 heterocycles. The summed E-state index contributed by atoms with van der Waals surface area (Å²) in [6, 6.07) is 4.29. The molecule has 0 bridgehead atoms. The minimum atomic E-state index is -0.462. The van der Waals surface area contributed by atoms with Crippen LogP contribution in [0, 0.1) is 11.7 Å². The molecule has 1 amide bonds. The third-order valence-corrected chi connectivity index (χ3v) is 5.26. The van der Waals surface area contributed by atoms with Crippen molar-refractivity contribution < 1.29 is 19.0 Å². The zero-order valence-corrected chi connectivity index (χ0v) is 13.6. The quantitative estimate of drug-likeness (QED) is 0.918. The van der Waals surface area contributed by atoms with Crippen molar-refractivity contribution in [2.24, 2.45) is 5.92 Å². The van der Waals surface area contributed by atoms with E-state index < -0.39 is 11.9 Å². The number of ether oxygens (including phenoxy) is 1. The number of benzene rings is 1. The molecule has 0 aromatic heterocycles. The zero-order chi connectivity index (χ0) is 16.4. The Morgan fingerprint density at radius 3 is 2.96 bits per heavy atom. The number of aliphatic hydroxyl groups excluding tert-OH is 1. The van der Waals surface area contributed by atoms with E-state index >= 15 is 0 Å². The molecule has 126 valence electrons. The lowest BCUT2D eigenvalue weighted by atomic mass is 9.93. The molecule has 0 spiro atoms. The van der Waals surface area contributed by atoms with Gasteiger partial charge in [0.25, 0.3) is 0 Å². The monoisotopic (exact) mass is 341 g/mol. The number of carbonyl (C=O) groups excluding carboxylic acids is 1. The lowest BCUT2D eigenvalue weighted by molar-refractivity contribution is -0.143. The van der Waals surface area contributed by atoms with Gasteiger partial charge in [-0.15, -0.1) is 0 Å². The van der Waals surface area contributed by atoms with Crippen LogP contribution in [-0.2, 0) is 16.0 Å². The third kappa shape index (κ3) is 3.52. The van der Waals surface area contributed by atoms with Crippen molar-refractivity contribution in [1.29, 1.82) is 0 Å². The molecule has 1 saturated carbocycles. The molecule has 6 heteroatoms. The lowest BCUT2D eigenvalue weighted by Gasteiger charge is -2.40. The average molecular weight is 342 g/mol. The molecule has 1 aromatic rings. The van der Waals surface area contributed by atoms with Gasteiger partial charge in [0.1, 0.15) is 5.82 Å². The Morgan fingerprint density at radius 1 is 1.43 bits per heavy atom. The summed E-state index contributed by atoms with van der Waals surface area (Å²) in [5.74, 6) is -0.587. The molecule has 1 aromatic carbocycles. The highest BCUT2D eigenvalue weighted by atomic mass is 35.5. The van der Waals surface area contributed by atoms with Gasteiger partial charge in [0, 0.05) is 23.0 Å². The molecule has 1 aliphatic heterocycles. The number of amides is 1. The zero-order valence-electron chi connectivity index (χ0n) is 12.9. The Kier molecular flexibility index (Phi) is 5.19. The van der Waals surface area contributed by atoms with Crippen LogP contribution in [0.4, 0.5) is 4.39 Å². The number of aliphatic hydroxyl groups is 1. The predicted molar refractivity (Wildman–Crippen MR) is 84.8 cm³/mol. The molecule has 1 aliphatic carbocycles. The molecule has 0 radical (unpaired) electrons. The molecule has 1 saturated heterocycles. The van der Waals surface area contributed by atoms with Crippen LogP contribution in [0.3, 0.4) is 0 Å². The maximum Gasteiger partial charge on any atom is 0.227 e. The summed E-state index contributed by atoms with van der Waals surface area (Å²) in [4.78, 5) is 14.5. The van der Waals surface area contributed by atoms with Crippen LogP contribution in [-0.4, -0.2) is 47.8 Å². The molecular weight excluding hydrogens is 321 g/mol. The fourth-order valence-electron chi connectivity index (χ4n) is 3.66. The second-order valence-corrected chi connectivity index (χ2v) is 6.68. The van der Waals surface area contributed by atoms with Crippen molar-refractivity contribution in [2.75, 3.05) is 19.8 Å². The van der Waals surface area contributed by atoms with Gasteiger partial charge in [-0.3, -0.25) is 4.79 Å². The Hall–Kier alpha value is -1.17. The maximum absolute atomic E-state index is 13.9. The number of hydrogen-bond donors (Lipinski definition) is 1. The first-order valence-electron chi connectivity index (χ1n) is 8.06. The summed E-state index contributed by atoms with van der Waals surface area (Å²) in [7, 11) is 0. The number of hydrogen-bond acceptors (Lipinski definition) is 3. The predicted octanol–water partition coefficient (Wildman–Crippen LogP) is 2.41. The van der Waals surface area contributed by atoms with Crippen molar-refractivity contribution in [3.8, 4) is 0 Å². The Morgan fingerprint density at radius 2 is 2.26 bits per heavy atom. The topological polar surface area (TPSA) is 49.8 Å². The Bertz CT molecular complexity index is 563. The van der Waals surface area contributed by atoms with E-state index in [-0.39, 0.29) is 34.9 Å². The van der Waals surface area contributed by atoms with E-state index in [2.05, 4.69) is 0 Å². The minimum absolute atomic E-state index is 0.0374. The first-order valence-corrected chi connectivity index (χ1v) is 8.44. The van der Waals surface area contributed by atoms with Crippen LogP contribution >= 0.6 is 11.6 Å². The van der Waals surface area contributed by atoms with Crippen LogP contribution in [0.25, 0.3) is 0 Å². The van der Waals surface area contributed by atoms with Gasteiger partial charge in [-0.2, -0.15) is 0 Å². The van der Waals surface area contributed by atoms with E-state index in [1.807, 2.05) is 0 Å². The molecule has 3 rings (SSSR count). The van der Waals surface area contributed by atoms with E-state index in [0.717, 1.165) is 19.3 Å². The Balaban J connectivity index is 1.76. The first kappa shape index (κ1) is 16.7. The van der Waals surface area contributed by atoms with E-state index in [0.29, 0.717) is 19.8 Å². The highest BCUT2D eigenvalue weighted by Crippen LogP contribution is 2.32. The van der Waals surface area contributed by atoms with Gasteiger partial charge in [-0.25, -0.2) is 4.39 Å². The van der Waals surface area contributed by atoms with Crippen molar-refractivity contribution in [3.63, 3.8) is 0 Å². The van der Waals surface area contributed by atoms with E-state index in [1.54, 1.807) is 11.0 Å². The van der Waals surface area contributed by atoms with Crippen LogP contribution in [0.5, 0.6) is 0 Å². The van der Waals surface area contributed by atoms with E-state index in [1.165, 1.54) is 12.1 Å². The highest BCUT2D eigenvalue weighted by molar-refractivity contribution is 6.31. The standard InChI is InChI=1S/C17H21ClFNO3/c18-13-4-2-5-14(19)12(13)9-17(22)20-7-8-23-10-15(20)11-3-1-6-16(11)21/h2,4-5,11,15-16,21H,1,3,6-10H2/t11-,15-,16+/m1/s1. The maximum atomic E-state index is 13.9. The van der Waals surface area contributed by atoms with Crippen molar-refractivity contribution in [2.45, 2.75) is 37.8 Å². The SMILES string of the molecule is O=C(Cc1c(F)cccc1Cl)N1CCOC[C@@H]1[C@H]1CCC[C@@H]1O. The lowest BCUT2D eigenvalue weighted by Crippen LogP contribution is -2.54. The largest absolute Gasteiger partial charge is 0.393 e. The van der Waals surface area contributed by atoms with Gasteiger partial charge >= 0.3 is 0 Å². The van der Waals surface area contributed by atoms with Gasteiger partial charge in [0.15, 0.2) is 0 Å². The van der Waals surface area contributed by atoms with Crippen LogP contribution in [0.2, 0.25) is 5.02 Å². The smallest absolute Gasteiger partial charge is 0.227 e. The van der Waals surface area contributed by atoms with Crippen LogP contribution in [0.15, 0.2) is 18.2 Å². The van der Waals surface area contributed by atoms with Crippen LogP contribution in [0.1, 0.15) is 24.8 Å². The number of rotatable bonds is 3. The highest BCUT2D eigenvalue weighted by Gasteiger charge is 2.39. The number of carbonyl (C=O) groups is 1. The third-order valence-electron chi connectivity index (χ3n) is 4.90. The summed E-state index contributed by atoms with van der Waals surface area (Å²) in [6.45, 7) is 1.37. The molecule has 2 aliphatic rings. The molecule has 23 heavy (non-hydrogen) atoms. The van der Waals surface area contributed by atoms with Gasteiger partial charge in [-0.1, -0.05) is 24.1 Å². The van der Waals surface area contributed by atoms with Gasteiger partial charge < -0.3 is 14.7 Å². The van der Waals surface area contributed by atoms with Crippen molar-refractivity contribution in [3.05, 3.63) is 34.6 Å². The fraction of sp³-hybridized carbons (Fsp3) is 0.588. The minimum Gasteiger partial charge on any atom is -0.393 e. The Labute approximate surface area is 140 Å². The van der Waals surface area contributed by atoms with Gasteiger partial charge in [0.2, 0.25) is 5.91 Å². The molecule has 4 nitrogen and oxygen atoms in total. The van der Waals surface area contributed by atoms with Crippen molar-refractivity contribution in [1.82, 2.24) is 4.90 Å². The van der Waals surface area contributed by atoms with Gasteiger partial charge in [0.05, 0.1) is 31.8 Å². The average Bonchev–Trinajstić information content (AvgIpc) is 2.97. The molecular formula is C17H21ClFNO3. The summed E-state index contributed by atoms with van der Waals surface area (Å²) in [5, 5.41) is 10.4. The summed E-state index contributed by atoms with van der Waals surface area (Å²) < 4.78 is 19.4. The van der Waals surface area contributed by atoms with Crippen LogP contribution < -0.4 is 0 Å². The summed E-state index contributed by atoms with van der Waals surface area (Å²) in [5.41, 5.74) is 0.233. The molecule has 3 atom stereocenters. The number of halogens is 2. The molecule has 1 N–H and O–H groups in total. The van der Waals surface area contributed by atoms with E-state index in [4.69, 9.17) is 16.3 Å². The van der Waals surface area contributed by atoms with Crippen molar-refractivity contribution >= 4 is 17.5 Å². The number of morpholine rings is 1. The second kappa shape index (κ2) is 7.16. The van der Waals surface area contributed by atoms with Gasteiger partial charge in [-0.05, 0) is 25.0 Å². The molecule has 0 unspecified atom stereocenters. The normalized spacial score (nSPS) is 28.1.